The van der Waals surface area contributed by atoms with Gasteiger partial charge in [-0.1, -0.05) is 18.2 Å². The molecule has 5 heteroatoms. The molecule has 0 spiro atoms. The molecule has 0 bridgehead atoms. The molecule has 1 aromatic heterocycles. The van der Waals surface area contributed by atoms with E-state index in [9.17, 15) is 4.79 Å². The van der Waals surface area contributed by atoms with E-state index in [0.29, 0.717) is 18.5 Å². The third-order valence-electron chi connectivity index (χ3n) is 6.22. The molecule has 1 aromatic carbocycles. The van der Waals surface area contributed by atoms with E-state index in [4.69, 9.17) is 0 Å². The smallest absolute Gasteiger partial charge is 0.227 e. The Morgan fingerprint density at radius 3 is 2.74 bits per heavy atom. The van der Waals surface area contributed by atoms with Crippen LogP contribution in [0.2, 0.25) is 0 Å². The number of carbonyl (C=O) groups excluding carboxylic acids is 1. The van der Waals surface area contributed by atoms with E-state index in [1.807, 2.05) is 18.3 Å². The highest BCUT2D eigenvalue weighted by Gasteiger charge is 2.32. The first-order valence-electron chi connectivity index (χ1n) is 10.2. The SMILES string of the molecule is CC(C)N1CCN(C2CCN(C(=O)Cc3cccc4cnccc34)C2)CC1. The van der Waals surface area contributed by atoms with E-state index in [1.165, 1.54) is 0 Å². The molecule has 2 saturated heterocycles. The normalized spacial score (nSPS) is 22.0. The summed E-state index contributed by atoms with van der Waals surface area (Å²) in [7, 11) is 0. The highest BCUT2D eigenvalue weighted by atomic mass is 16.2. The second-order valence-electron chi connectivity index (χ2n) is 8.14. The van der Waals surface area contributed by atoms with Crippen LogP contribution in [0.5, 0.6) is 0 Å². The largest absolute Gasteiger partial charge is 0.341 e. The van der Waals surface area contributed by atoms with Gasteiger partial charge >= 0.3 is 0 Å². The Bertz CT molecular complexity index is 793. The Kier molecular flexibility index (Phi) is 5.41. The van der Waals surface area contributed by atoms with E-state index in [-0.39, 0.29) is 5.91 Å². The summed E-state index contributed by atoms with van der Waals surface area (Å²) in [4.78, 5) is 24.3. The molecule has 2 aliphatic heterocycles. The highest BCUT2D eigenvalue weighted by Crippen LogP contribution is 2.22. The molecular formula is C22H30N4O. The van der Waals surface area contributed by atoms with Gasteiger partial charge in [0, 0.05) is 69.1 Å². The maximum absolute atomic E-state index is 12.9. The van der Waals surface area contributed by atoms with Crippen LogP contribution in [-0.4, -0.2) is 76.9 Å². The fourth-order valence-electron chi connectivity index (χ4n) is 4.50. The van der Waals surface area contributed by atoms with Crippen molar-refractivity contribution in [3.8, 4) is 0 Å². The Balaban J connectivity index is 1.36. The van der Waals surface area contributed by atoms with Gasteiger partial charge in [0.15, 0.2) is 0 Å². The van der Waals surface area contributed by atoms with Crippen molar-refractivity contribution >= 4 is 16.7 Å². The lowest BCUT2D eigenvalue weighted by Gasteiger charge is -2.39. The Labute approximate surface area is 162 Å². The van der Waals surface area contributed by atoms with E-state index in [1.54, 1.807) is 6.20 Å². The number of fused-ring (bicyclic) bond motifs is 1. The zero-order chi connectivity index (χ0) is 18.8. The molecule has 144 valence electrons. The summed E-state index contributed by atoms with van der Waals surface area (Å²) < 4.78 is 0. The first kappa shape index (κ1) is 18.4. The van der Waals surface area contributed by atoms with Gasteiger partial charge in [-0.05, 0) is 37.3 Å². The molecule has 5 nitrogen and oxygen atoms in total. The molecule has 27 heavy (non-hydrogen) atoms. The molecule has 2 aromatic rings. The first-order chi connectivity index (χ1) is 13.1. The van der Waals surface area contributed by atoms with Gasteiger partial charge in [-0.3, -0.25) is 19.6 Å². The van der Waals surface area contributed by atoms with Crippen LogP contribution in [0, 0.1) is 0 Å². The molecule has 0 aliphatic carbocycles. The summed E-state index contributed by atoms with van der Waals surface area (Å²) in [6.45, 7) is 10.9. The van der Waals surface area contributed by atoms with Crippen LogP contribution in [-0.2, 0) is 11.2 Å². The maximum atomic E-state index is 12.9. The van der Waals surface area contributed by atoms with E-state index in [2.05, 4.69) is 45.7 Å². The number of nitrogens with zero attached hydrogens (tertiary/aromatic N) is 4. The van der Waals surface area contributed by atoms with Crippen molar-refractivity contribution in [2.24, 2.45) is 0 Å². The van der Waals surface area contributed by atoms with E-state index < -0.39 is 0 Å². The highest BCUT2D eigenvalue weighted by molar-refractivity contribution is 5.89. The average molecular weight is 367 g/mol. The summed E-state index contributed by atoms with van der Waals surface area (Å²) in [5.41, 5.74) is 1.11. The van der Waals surface area contributed by atoms with Crippen LogP contribution < -0.4 is 0 Å². The van der Waals surface area contributed by atoms with Crippen LogP contribution in [0.1, 0.15) is 25.8 Å². The van der Waals surface area contributed by atoms with Crippen molar-refractivity contribution < 1.29 is 4.79 Å². The van der Waals surface area contributed by atoms with Crippen LogP contribution >= 0.6 is 0 Å². The van der Waals surface area contributed by atoms with Crippen molar-refractivity contribution in [3.05, 3.63) is 42.2 Å². The van der Waals surface area contributed by atoms with Gasteiger partial charge in [0.25, 0.3) is 0 Å². The molecule has 1 atom stereocenters. The Morgan fingerprint density at radius 1 is 1.15 bits per heavy atom. The topological polar surface area (TPSA) is 39.7 Å². The van der Waals surface area contributed by atoms with Crippen LogP contribution in [0.3, 0.4) is 0 Å². The fraction of sp³-hybridized carbons (Fsp3) is 0.545. The lowest BCUT2D eigenvalue weighted by molar-refractivity contribution is -0.129. The van der Waals surface area contributed by atoms with Crippen molar-refractivity contribution in [2.75, 3.05) is 39.3 Å². The predicted molar refractivity (Wildman–Crippen MR) is 109 cm³/mol. The van der Waals surface area contributed by atoms with Crippen molar-refractivity contribution in [1.82, 2.24) is 19.7 Å². The van der Waals surface area contributed by atoms with Crippen molar-refractivity contribution in [1.29, 1.82) is 0 Å². The van der Waals surface area contributed by atoms with Gasteiger partial charge in [0.05, 0.1) is 6.42 Å². The van der Waals surface area contributed by atoms with Gasteiger partial charge in [-0.2, -0.15) is 0 Å². The molecule has 2 fully saturated rings. The minimum atomic E-state index is 0.252. The first-order valence-corrected chi connectivity index (χ1v) is 10.2. The summed E-state index contributed by atoms with van der Waals surface area (Å²) >= 11 is 0. The van der Waals surface area contributed by atoms with Crippen molar-refractivity contribution in [2.45, 2.75) is 38.8 Å². The van der Waals surface area contributed by atoms with Crippen LogP contribution in [0.25, 0.3) is 10.8 Å². The molecular weight excluding hydrogens is 336 g/mol. The van der Waals surface area contributed by atoms with Gasteiger partial charge in [-0.15, -0.1) is 0 Å². The number of piperazine rings is 1. The molecule has 0 saturated carbocycles. The minimum absolute atomic E-state index is 0.252. The summed E-state index contributed by atoms with van der Waals surface area (Å²) in [6.07, 6.45) is 5.26. The maximum Gasteiger partial charge on any atom is 0.227 e. The summed E-state index contributed by atoms with van der Waals surface area (Å²) in [5, 5.41) is 2.24. The summed E-state index contributed by atoms with van der Waals surface area (Å²) in [5.74, 6) is 0.252. The molecule has 2 aliphatic rings. The van der Waals surface area contributed by atoms with Crippen molar-refractivity contribution in [3.63, 3.8) is 0 Å². The second kappa shape index (κ2) is 7.95. The number of hydrogen-bond acceptors (Lipinski definition) is 4. The number of benzene rings is 1. The number of aromatic nitrogens is 1. The number of likely N-dealkylation sites (tertiary alicyclic amines) is 1. The lowest BCUT2D eigenvalue weighted by atomic mass is 10.0. The van der Waals surface area contributed by atoms with Crippen LogP contribution in [0.15, 0.2) is 36.7 Å². The zero-order valence-electron chi connectivity index (χ0n) is 16.5. The molecule has 1 unspecified atom stereocenters. The van der Waals surface area contributed by atoms with E-state index >= 15 is 0 Å². The quantitative estimate of drug-likeness (QED) is 0.833. The molecule has 1 amide bonds. The number of pyridine rings is 1. The zero-order valence-corrected chi connectivity index (χ0v) is 16.5. The second-order valence-corrected chi connectivity index (χ2v) is 8.14. The minimum Gasteiger partial charge on any atom is -0.341 e. The third kappa shape index (κ3) is 3.99. The number of amides is 1. The monoisotopic (exact) mass is 366 g/mol. The van der Waals surface area contributed by atoms with Crippen LogP contribution in [0.4, 0.5) is 0 Å². The number of carbonyl (C=O) groups is 1. The lowest BCUT2D eigenvalue weighted by Crippen LogP contribution is -2.52. The molecule has 4 rings (SSSR count). The van der Waals surface area contributed by atoms with Gasteiger partial charge in [0.1, 0.15) is 0 Å². The molecule has 3 heterocycles. The predicted octanol–water partition coefficient (Wildman–Crippen LogP) is 2.40. The average Bonchev–Trinajstić information content (AvgIpc) is 3.19. The summed E-state index contributed by atoms with van der Waals surface area (Å²) in [6, 6.07) is 9.31. The van der Waals surface area contributed by atoms with Gasteiger partial charge in [-0.25, -0.2) is 0 Å². The number of rotatable bonds is 4. The Morgan fingerprint density at radius 2 is 1.96 bits per heavy atom. The number of hydrogen-bond donors (Lipinski definition) is 0. The van der Waals surface area contributed by atoms with Gasteiger partial charge in [0.2, 0.25) is 5.91 Å². The molecule has 0 radical (unpaired) electrons. The fourth-order valence-corrected chi connectivity index (χ4v) is 4.50. The standard InChI is InChI=1S/C22H30N4O/c1-17(2)24-10-12-25(13-11-24)20-7-9-26(16-20)22(27)14-18-4-3-5-19-15-23-8-6-21(18)19/h3-6,8,15,17,20H,7,9-14,16H2,1-2H3. The van der Waals surface area contributed by atoms with Gasteiger partial charge < -0.3 is 4.90 Å². The van der Waals surface area contributed by atoms with E-state index in [0.717, 1.165) is 62.0 Å². The third-order valence-corrected chi connectivity index (χ3v) is 6.22. The molecule has 0 N–H and O–H groups in total. The Hall–Kier alpha value is -1.98.